The standard InChI is InChI=1S/C29H29BrN6O2/c1-29(2,3)38-28(37)24-14-33-25(21-5-4-6-22(30)11-21)26-27(24)36(18-34-26)16-23-13-32-17-35(23)15-20-9-7-19(12-31)8-10-20/h4-11,13,17-18,24-25,33H,14-16H2,1-3H3. The second kappa shape index (κ2) is 10.6. The first-order chi connectivity index (χ1) is 18.2. The lowest BCUT2D eigenvalue weighted by Gasteiger charge is -2.32. The van der Waals surface area contributed by atoms with E-state index < -0.39 is 11.5 Å². The number of halogens is 1. The third-order valence-electron chi connectivity index (χ3n) is 6.48. The Morgan fingerprint density at radius 1 is 1.16 bits per heavy atom. The van der Waals surface area contributed by atoms with E-state index in [0.717, 1.165) is 32.7 Å². The monoisotopic (exact) mass is 572 g/mol. The molecule has 3 heterocycles. The summed E-state index contributed by atoms with van der Waals surface area (Å²) in [6.45, 7) is 7.20. The van der Waals surface area contributed by atoms with Crippen LogP contribution in [-0.4, -0.2) is 37.2 Å². The fourth-order valence-electron chi connectivity index (χ4n) is 4.77. The number of carbonyl (C=O) groups is 1. The number of nitriles is 1. The highest BCUT2D eigenvalue weighted by atomic mass is 79.9. The summed E-state index contributed by atoms with van der Waals surface area (Å²) in [5, 5.41) is 12.6. The molecule has 0 bridgehead atoms. The number of rotatable bonds is 6. The van der Waals surface area contributed by atoms with Crippen molar-refractivity contribution in [3.05, 3.63) is 106 Å². The van der Waals surface area contributed by atoms with Crippen molar-refractivity contribution in [1.29, 1.82) is 5.26 Å². The van der Waals surface area contributed by atoms with Crippen LogP contribution in [0.2, 0.25) is 0 Å². The van der Waals surface area contributed by atoms with Crippen molar-refractivity contribution in [2.24, 2.45) is 0 Å². The Bertz CT molecular complexity index is 1490. The highest BCUT2D eigenvalue weighted by molar-refractivity contribution is 9.10. The Hall–Kier alpha value is -3.74. The largest absolute Gasteiger partial charge is 0.459 e. The fraction of sp³-hybridized carbons (Fsp3) is 0.310. The first-order valence-corrected chi connectivity index (χ1v) is 13.3. The molecule has 0 fully saturated rings. The van der Waals surface area contributed by atoms with Crippen molar-refractivity contribution in [2.75, 3.05) is 6.54 Å². The lowest BCUT2D eigenvalue weighted by atomic mass is 9.91. The van der Waals surface area contributed by atoms with Crippen LogP contribution in [0.1, 0.15) is 66.5 Å². The summed E-state index contributed by atoms with van der Waals surface area (Å²) >= 11 is 3.57. The zero-order valence-electron chi connectivity index (χ0n) is 21.6. The zero-order chi connectivity index (χ0) is 26.9. The minimum atomic E-state index is -0.594. The van der Waals surface area contributed by atoms with Gasteiger partial charge in [-0.05, 0) is 56.2 Å². The Kier molecular flexibility index (Phi) is 7.19. The van der Waals surface area contributed by atoms with Gasteiger partial charge in [-0.25, -0.2) is 9.97 Å². The lowest BCUT2D eigenvalue weighted by Crippen LogP contribution is -2.40. The van der Waals surface area contributed by atoms with Crippen LogP contribution in [0.15, 0.2) is 71.9 Å². The van der Waals surface area contributed by atoms with Crippen molar-refractivity contribution in [3.8, 4) is 6.07 Å². The van der Waals surface area contributed by atoms with Gasteiger partial charge >= 0.3 is 5.97 Å². The highest BCUT2D eigenvalue weighted by Crippen LogP contribution is 2.35. The van der Waals surface area contributed by atoms with Gasteiger partial charge in [0.1, 0.15) is 11.5 Å². The maximum atomic E-state index is 13.3. The summed E-state index contributed by atoms with van der Waals surface area (Å²) in [4.78, 5) is 22.5. The first-order valence-electron chi connectivity index (χ1n) is 12.5. The van der Waals surface area contributed by atoms with Gasteiger partial charge < -0.3 is 19.2 Å². The third kappa shape index (κ3) is 5.57. The molecule has 9 heteroatoms. The van der Waals surface area contributed by atoms with E-state index in [1.54, 1.807) is 12.7 Å². The summed E-state index contributed by atoms with van der Waals surface area (Å²) in [6, 6.07) is 17.7. The number of nitrogens with zero attached hydrogens (tertiary/aromatic N) is 5. The van der Waals surface area contributed by atoms with E-state index >= 15 is 0 Å². The normalized spacial score (nSPS) is 17.0. The number of ether oxygens (including phenoxy) is 1. The van der Waals surface area contributed by atoms with E-state index in [2.05, 4.69) is 49.0 Å². The van der Waals surface area contributed by atoms with E-state index in [1.165, 1.54) is 0 Å². The highest BCUT2D eigenvalue weighted by Gasteiger charge is 2.38. The zero-order valence-corrected chi connectivity index (χ0v) is 23.1. The Morgan fingerprint density at radius 3 is 2.66 bits per heavy atom. The molecule has 5 rings (SSSR count). The molecule has 1 N–H and O–H groups in total. The number of carbonyl (C=O) groups excluding carboxylic acids is 1. The van der Waals surface area contributed by atoms with E-state index in [9.17, 15) is 4.79 Å². The Labute approximate surface area is 230 Å². The van der Waals surface area contributed by atoms with Crippen LogP contribution in [0.4, 0.5) is 0 Å². The SMILES string of the molecule is CC(C)(C)OC(=O)C1CNC(c2cccc(Br)c2)c2ncn(Cc3cncn3Cc3ccc(C#N)cc3)c21. The first kappa shape index (κ1) is 25.9. The average molecular weight is 573 g/mol. The van der Waals surface area contributed by atoms with Crippen LogP contribution in [0.3, 0.4) is 0 Å². The molecule has 194 valence electrons. The minimum Gasteiger partial charge on any atom is -0.459 e. The van der Waals surface area contributed by atoms with Gasteiger partial charge in [0.25, 0.3) is 0 Å². The van der Waals surface area contributed by atoms with Gasteiger partial charge in [-0.3, -0.25) is 4.79 Å². The number of hydrogen-bond donors (Lipinski definition) is 1. The molecule has 1 aliphatic heterocycles. The summed E-state index contributed by atoms with van der Waals surface area (Å²) in [6.07, 6.45) is 5.44. The molecule has 38 heavy (non-hydrogen) atoms. The van der Waals surface area contributed by atoms with Gasteiger partial charge in [-0.2, -0.15) is 5.26 Å². The van der Waals surface area contributed by atoms with E-state index in [1.807, 2.05) is 67.9 Å². The van der Waals surface area contributed by atoms with Crippen LogP contribution in [0.5, 0.6) is 0 Å². The van der Waals surface area contributed by atoms with Gasteiger partial charge in [0.05, 0.1) is 54.0 Å². The number of nitrogens with one attached hydrogen (secondary N) is 1. The van der Waals surface area contributed by atoms with E-state index in [4.69, 9.17) is 15.0 Å². The van der Waals surface area contributed by atoms with E-state index in [-0.39, 0.29) is 12.0 Å². The maximum Gasteiger partial charge on any atom is 0.316 e. The molecular formula is C29H29BrN6O2. The second-order valence-corrected chi connectivity index (χ2v) is 11.4. The summed E-state index contributed by atoms with van der Waals surface area (Å²) in [7, 11) is 0. The maximum absolute atomic E-state index is 13.3. The van der Waals surface area contributed by atoms with Crippen LogP contribution in [0, 0.1) is 11.3 Å². The molecule has 2 atom stereocenters. The molecule has 0 saturated heterocycles. The summed E-state index contributed by atoms with van der Waals surface area (Å²) < 4.78 is 10.9. The Balaban J connectivity index is 1.49. The summed E-state index contributed by atoms with van der Waals surface area (Å²) in [5.74, 6) is -0.767. The van der Waals surface area contributed by atoms with Gasteiger partial charge in [0.15, 0.2) is 0 Å². The van der Waals surface area contributed by atoms with Gasteiger partial charge in [0, 0.05) is 23.8 Å². The van der Waals surface area contributed by atoms with Crippen LogP contribution in [-0.2, 0) is 22.6 Å². The fourth-order valence-corrected chi connectivity index (χ4v) is 5.19. The molecule has 0 amide bonds. The Morgan fingerprint density at radius 2 is 1.95 bits per heavy atom. The van der Waals surface area contributed by atoms with Gasteiger partial charge in [-0.15, -0.1) is 0 Å². The molecule has 2 unspecified atom stereocenters. The minimum absolute atomic E-state index is 0.147. The molecule has 4 aromatic rings. The smallest absolute Gasteiger partial charge is 0.316 e. The van der Waals surface area contributed by atoms with Gasteiger partial charge in [-0.1, -0.05) is 40.2 Å². The predicted molar refractivity (Wildman–Crippen MR) is 146 cm³/mol. The van der Waals surface area contributed by atoms with Crippen molar-refractivity contribution in [1.82, 2.24) is 24.4 Å². The molecule has 2 aromatic heterocycles. The van der Waals surface area contributed by atoms with Crippen LogP contribution < -0.4 is 5.32 Å². The molecule has 8 nitrogen and oxygen atoms in total. The predicted octanol–water partition coefficient (Wildman–Crippen LogP) is 4.93. The molecular weight excluding hydrogens is 544 g/mol. The number of benzene rings is 2. The van der Waals surface area contributed by atoms with Crippen molar-refractivity contribution in [3.63, 3.8) is 0 Å². The molecule has 1 aliphatic rings. The van der Waals surface area contributed by atoms with Crippen LogP contribution >= 0.6 is 15.9 Å². The van der Waals surface area contributed by atoms with Crippen molar-refractivity contribution in [2.45, 2.75) is 51.4 Å². The molecule has 2 aromatic carbocycles. The molecule has 0 saturated carbocycles. The van der Waals surface area contributed by atoms with Crippen molar-refractivity contribution < 1.29 is 9.53 Å². The number of esters is 1. The quantitative estimate of drug-likeness (QED) is 0.329. The molecule has 0 aliphatic carbocycles. The average Bonchev–Trinajstić information content (AvgIpc) is 3.50. The van der Waals surface area contributed by atoms with Gasteiger partial charge in [0.2, 0.25) is 0 Å². The van der Waals surface area contributed by atoms with E-state index in [0.29, 0.717) is 25.2 Å². The third-order valence-corrected chi connectivity index (χ3v) is 6.97. The number of hydrogen-bond acceptors (Lipinski definition) is 6. The van der Waals surface area contributed by atoms with Crippen LogP contribution in [0.25, 0.3) is 0 Å². The van der Waals surface area contributed by atoms with Crippen molar-refractivity contribution >= 4 is 21.9 Å². The number of aromatic nitrogens is 4. The number of fused-ring (bicyclic) bond motifs is 1. The molecule has 0 spiro atoms. The molecule has 0 radical (unpaired) electrons. The number of imidazole rings is 2. The lowest BCUT2D eigenvalue weighted by molar-refractivity contribution is -0.157. The topological polar surface area (TPSA) is 97.8 Å². The second-order valence-electron chi connectivity index (χ2n) is 10.4. The summed E-state index contributed by atoms with van der Waals surface area (Å²) in [5.41, 5.74) is 4.84.